The van der Waals surface area contributed by atoms with Gasteiger partial charge in [0.1, 0.15) is 6.04 Å². The molecule has 1 rings (SSSR count). The third-order valence-electron chi connectivity index (χ3n) is 2.99. The van der Waals surface area contributed by atoms with Gasteiger partial charge in [-0.2, -0.15) is 0 Å². The Kier molecular flexibility index (Phi) is 4.29. The van der Waals surface area contributed by atoms with Crippen molar-refractivity contribution < 1.29 is 9.59 Å². The van der Waals surface area contributed by atoms with Gasteiger partial charge in [0.15, 0.2) is 0 Å². The number of carbonyl (C=O) groups is 2. The molecule has 0 aromatic carbocycles. The number of hydrogen-bond donors (Lipinski definition) is 3. The van der Waals surface area contributed by atoms with Crippen LogP contribution in [-0.4, -0.2) is 29.9 Å². The maximum Gasteiger partial charge on any atom is 0.242 e. The topological polar surface area (TPSA) is 84.2 Å². The molecule has 92 valence electrons. The predicted molar refractivity (Wildman–Crippen MR) is 61.7 cm³/mol. The van der Waals surface area contributed by atoms with Crippen molar-refractivity contribution in [1.29, 1.82) is 0 Å². The number of nitrogens with two attached hydrogens (primary N) is 1. The monoisotopic (exact) mass is 227 g/mol. The molecular formula is C11H21N3O2. The fourth-order valence-electron chi connectivity index (χ4n) is 1.59. The molecule has 0 saturated heterocycles. The SMILES string of the molecule is CCCNC(=O)C(C)NC(=O)C1(N)CCC1. The first kappa shape index (κ1) is 13.0. The lowest BCUT2D eigenvalue weighted by molar-refractivity contribution is -0.133. The van der Waals surface area contributed by atoms with E-state index < -0.39 is 11.6 Å². The number of carbonyl (C=O) groups excluding carboxylic acids is 2. The highest BCUT2D eigenvalue weighted by molar-refractivity contribution is 5.92. The van der Waals surface area contributed by atoms with Crippen molar-refractivity contribution in [3.63, 3.8) is 0 Å². The lowest BCUT2D eigenvalue weighted by Crippen LogP contribution is -2.61. The van der Waals surface area contributed by atoms with Crippen molar-refractivity contribution in [3.05, 3.63) is 0 Å². The Hall–Kier alpha value is -1.10. The van der Waals surface area contributed by atoms with Crippen LogP contribution in [0.25, 0.3) is 0 Å². The molecule has 1 fully saturated rings. The van der Waals surface area contributed by atoms with Crippen LogP contribution in [0.3, 0.4) is 0 Å². The van der Waals surface area contributed by atoms with E-state index in [1.54, 1.807) is 6.92 Å². The fraction of sp³-hybridized carbons (Fsp3) is 0.818. The normalized spacial score (nSPS) is 19.4. The molecule has 5 heteroatoms. The minimum absolute atomic E-state index is 0.155. The molecule has 1 saturated carbocycles. The van der Waals surface area contributed by atoms with Crippen molar-refractivity contribution >= 4 is 11.8 Å². The first-order chi connectivity index (χ1) is 7.49. The second-order valence-electron chi connectivity index (χ2n) is 4.50. The van der Waals surface area contributed by atoms with Crippen molar-refractivity contribution in [2.45, 2.75) is 51.1 Å². The van der Waals surface area contributed by atoms with Gasteiger partial charge in [-0.25, -0.2) is 0 Å². The molecule has 1 aliphatic rings. The Balaban J connectivity index is 2.35. The molecule has 2 amide bonds. The van der Waals surface area contributed by atoms with Crippen LogP contribution in [0.4, 0.5) is 0 Å². The lowest BCUT2D eigenvalue weighted by Gasteiger charge is -2.36. The van der Waals surface area contributed by atoms with Gasteiger partial charge in [0.05, 0.1) is 5.54 Å². The Morgan fingerprint density at radius 2 is 2.06 bits per heavy atom. The van der Waals surface area contributed by atoms with Gasteiger partial charge in [0, 0.05) is 6.54 Å². The first-order valence-electron chi connectivity index (χ1n) is 5.87. The largest absolute Gasteiger partial charge is 0.354 e. The minimum atomic E-state index is -0.737. The van der Waals surface area contributed by atoms with Gasteiger partial charge in [0.25, 0.3) is 0 Å². The summed E-state index contributed by atoms with van der Waals surface area (Å²) < 4.78 is 0. The van der Waals surface area contributed by atoms with Gasteiger partial charge < -0.3 is 16.4 Å². The average Bonchev–Trinajstić information content (AvgIpc) is 2.22. The fourth-order valence-corrected chi connectivity index (χ4v) is 1.59. The maximum atomic E-state index is 11.7. The van der Waals surface area contributed by atoms with E-state index in [2.05, 4.69) is 10.6 Å². The zero-order chi connectivity index (χ0) is 12.2. The Bertz CT molecular complexity index is 274. The summed E-state index contributed by atoms with van der Waals surface area (Å²) in [4.78, 5) is 23.2. The molecule has 0 heterocycles. The lowest BCUT2D eigenvalue weighted by atomic mass is 9.77. The molecule has 1 unspecified atom stereocenters. The smallest absolute Gasteiger partial charge is 0.242 e. The maximum absolute atomic E-state index is 11.7. The second-order valence-corrected chi connectivity index (χ2v) is 4.50. The van der Waals surface area contributed by atoms with Crippen molar-refractivity contribution in [2.24, 2.45) is 5.73 Å². The van der Waals surface area contributed by atoms with Crippen LogP contribution in [0.5, 0.6) is 0 Å². The number of hydrogen-bond acceptors (Lipinski definition) is 3. The van der Waals surface area contributed by atoms with Crippen molar-refractivity contribution in [1.82, 2.24) is 10.6 Å². The van der Waals surface area contributed by atoms with E-state index in [1.165, 1.54) is 0 Å². The summed E-state index contributed by atoms with van der Waals surface area (Å²) in [5.41, 5.74) is 5.11. The van der Waals surface area contributed by atoms with Gasteiger partial charge in [-0.3, -0.25) is 9.59 Å². The van der Waals surface area contributed by atoms with E-state index in [-0.39, 0.29) is 11.8 Å². The van der Waals surface area contributed by atoms with E-state index in [1.807, 2.05) is 6.92 Å². The summed E-state index contributed by atoms with van der Waals surface area (Å²) in [5, 5.41) is 5.39. The highest BCUT2D eigenvalue weighted by atomic mass is 16.2. The molecule has 5 nitrogen and oxygen atoms in total. The molecule has 16 heavy (non-hydrogen) atoms. The molecule has 0 bridgehead atoms. The zero-order valence-corrected chi connectivity index (χ0v) is 10.0. The van der Waals surface area contributed by atoms with Crippen LogP contribution < -0.4 is 16.4 Å². The van der Waals surface area contributed by atoms with Gasteiger partial charge in [-0.15, -0.1) is 0 Å². The predicted octanol–water partition coefficient (Wildman–Crippen LogP) is -0.101. The third-order valence-corrected chi connectivity index (χ3v) is 2.99. The summed E-state index contributed by atoms with van der Waals surface area (Å²) in [6.45, 7) is 4.28. The third kappa shape index (κ3) is 2.95. The molecule has 0 spiro atoms. The standard InChI is InChI=1S/C11H21N3O2/c1-3-7-13-9(15)8(2)14-10(16)11(12)5-4-6-11/h8H,3-7,12H2,1-2H3,(H,13,15)(H,14,16). The van der Waals surface area contributed by atoms with E-state index >= 15 is 0 Å². The summed E-state index contributed by atoms with van der Waals surface area (Å²) in [6.07, 6.45) is 3.29. The summed E-state index contributed by atoms with van der Waals surface area (Å²) >= 11 is 0. The second kappa shape index (κ2) is 5.30. The van der Waals surface area contributed by atoms with Crippen LogP contribution in [0.1, 0.15) is 39.5 Å². The van der Waals surface area contributed by atoms with Crippen LogP contribution in [0.15, 0.2) is 0 Å². The van der Waals surface area contributed by atoms with E-state index in [0.29, 0.717) is 19.4 Å². The molecule has 0 aromatic heterocycles. The molecule has 1 atom stereocenters. The highest BCUT2D eigenvalue weighted by Crippen LogP contribution is 2.29. The van der Waals surface area contributed by atoms with Crippen LogP contribution in [0, 0.1) is 0 Å². The van der Waals surface area contributed by atoms with Gasteiger partial charge in [0.2, 0.25) is 11.8 Å². The van der Waals surface area contributed by atoms with Gasteiger partial charge in [-0.1, -0.05) is 6.92 Å². The Morgan fingerprint density at radius 3 is 2.50 bits per heavy atom. The van der Waals surface area contributed by atoms with E-state index in [0.717, 1.165) is 12.8 Å². The first-order valence-corrected chi connectivity index (χ1v) is 5.87. The Morgan fingerprint density at radius 1 is 1.44 bits per heavy atom. The van der Waals surface area contributed by atoms with Crippen molar-refractivity contribution in [3.8, 4) is 0 Å². The summed E-state index contributed by atoms with van der Waals surface area (Å²) in [7, 11) is 0. The van der Waals surface area contributed by atoms with Gasteiger partial charge >= 0.3 is 0 Å². The minimum Gasteiger partial charge on any atom is -0.354 e. The molecular weight excluding hydrogens is 206 g/mol. The zero-order valence-electron chi connectivity index (χ0n) is 10.0. The molecule has 0 aromatic rings. The Labute approximate surface area is 96.1 Å². The van der Waals surface area contributed by atoms with Crippen LogP contribution >= 0.6 is 0 Å². The van der Waals surface area contributed by atoms with Crippen molar-refractivity contribution in [2.75, 3.05) is 6.54 Å². The summed E-state index contributed by atoms with van der Waals surface area (Å²) in [6, 6.07) is -0.514. The highest BCUT2D eigenvalue weighted by Gasteiger charge is 2.40. The van der Waals surface area contributed by atoms with E-state index in [9.17, 15) is 9.59 Å². The average molecular weight is 227 g/mol. The molecule has 1 aliphatic carbocycles. The molecule has 4 N–H and O–H groups in total. The van der Waals surface area contributed by atoms with E-state index in [4.69, 9.17) is 5.73 Å². The van der Waals surface area contributed by atoms with Crippen LogP contribution in [0.2, 0.25) is 0 Å². The quantitative estimate of drug-likeness (QED) is 0.613. The number of amides is 2. The summed E-state index contributed by atoms with van der Waals surface area (Å²) in [5.74, 6) is -0.365. The number of rotatable bonds is 5. The molecule has 0 radical (unpaired) electrons. The van der Waals surface area contributed by atoms with Gasteiger partial charge in [-0.05, 0) is 32.6 Å². The number of nitrogens with one attached hydrogen (secondary N) is 2. The molecule has 0 aliphatic heterocycles. The van der Waals surface area contributed by atoms with Crippen LogP contribution in [-0.2, 0) is 9.59 Å².